The lowest BCUT2D eigenvalue weighted by Gasteiger charge is -2.31. The van der Waals surface area contributed by atoms with Gasteiger partial charge in [-0.25, -0.2) is 0 Å². The first-order valence-electron chi connectivity index (χ1n) is 7.91. The molecule has 0 fully saturated rings. The maximum atomic E-state index is 12.4. The number of rotatable bonds is 3. The van der Waals surface area contributed by atoms with Gasteiger partial charge in [0, 0.05) is 11.8 Å². The number of aromatic nitrogens is 1. The third-order valence-electron chi connectivity index (χ3n) is 4.42. The van der Waals surface area contributed by atoms with E-state index >= 15 is 0 Å². The summed E-state index contributed by atoms with van der Waals surface area (Å²) in [6, 6.07) is 9.75. The number of aliphatic hydroxyl groups is 1. The van der Waals surface area contributed by atoms with Gasteiger partial charge in [-0.15, -0.1) is 0 Å². The lowest BCUT2D eigenvalue weighted by atomic mass is 9.85. The molecule has 3 rings (SSSR count). The number of amides is 1. The first kappa shape index (κ1) is 16.3. The van der Waals surface area contributed by atoms with Crippen molar-refractivity contribution in [2.45, 2.75) is 38.5 Å². The van der Waals surface area contributed by atoms with Crippen molar-refractivity contribution in [1.29, 1.82) is 0 Å². The van der Waals surface area contributed by atoms with Gasteiger partial charge in [0.2, 0.25) is 5.91 Å². The molecule has 0 aliphatic heterocycles. The van der Waals surface area contributed by atoms with E-state index in [-0.39, 0.29) is 18.2 Å². The van der Waals surface area contributed by atoms with E-state index in [0.717, 1.165) is 23.6 Å². The Balaban J connectivity index is 1.80. The molecule has 24 heavy (non-hydrogen) atoms. The van der Waals surface area contributed by atoms with E-state index < -0.39 is 17.7 Å². The maximum absolute atomic E-state index is 12.4. The molecule has 0 bridgehead atoms. The van der Waals surface area contributed by atoms with E-state index in [2.05, 4.69) is 5.32 Å². The average Bonchev–Trinajstić information content (AvgIpc) is 2.53. The fourth-order valence-electron chi connectivity index (χ4n) is 3.19. The zero-order chi connectivity index (χ0) is 17.3. The summed E-state index contributed by atoms with van der Waals surface area (Å²) >= 11 is 0. The molecule has 1 aromatic carbocycles. The Bertz CT molecular complexity index is 828. The van der Waals surface area contributed by atoms with E-state index in [0.29, 0.717) is 12.1 Å². The number of hydrogen-bond acceptors (Lipinski definition) is 4. The lowest BCUT2D eigenvalue weighted by molar-refractivity contribution is -0.123. The van der Waals surface area contributed by atoms with E-state index in [9.17, 15) is 19.8 Å². The Morgan fingerprint density at radius 1 is 1.33 bits per heavy atom. The molecule has 0 spiro atoms. The quantitative estimate of drug-likeness (QED) is 0.785. The van der Waals surface area contributed by atoms with Crippen LogP contribution < -0.4 is 10.9 Å². The molecule has 126 valence electrons. The monoisotopic (exact) mass is 328 g/mol. The largest absolute Gasteiger partial charge is 0.508 e. The molecule has 3 N–H and O–H groups in total. The van der Waals surface area contributed by atoms with Crippen LogP contribution in [0.25, 0.3) is 0 Å². The van der Waals surface area contributed by atoms with Crippen molar-refractivity contribution in [2.75, 3.05) is 0 Å². The summed E-state index contributed by atoms with van der Waals surface area (Å²) < 4.78 is 1.29. The van der Waals surface area contributed by atoms with Crippen LogP contribution in [0.3, 0.4) is 0 Å². The van der Waals surface area contributed by atoms with Gasteiger partial charge >= 0.3 is 0 Å². The normalized spacial score (nSPS) is 19.6. The molecule has 1 heterocycles. The van der Waals surface area contributed by atoms with Gasteiger partial charge in [-0.3, -0.25) is 9.59 Å². The molecule has 6 heteroatoms. The van der Waals surface area contributed by atoms with Gasteiger partial charge in [0.1, 0.15) is 12.3 Å². The van der Waals surface area contributed by atoms with E-state index in [1.807, 2.05) is 24.3 Å². The second-order valence-electron chi connectivity index (χ2n) is 6.13. The Labute approximate surface area is 139 Å². The molecule has 1 aliphatic carbocycles. The van der Waals surface area contributed by atoms with E-state index in [1.54, 1.807) is 6.92 Å². The van der Waals surface area contributed by atoms with Crippen LogP contribution >= 0.6 is 0 Å². The van der Waals surface area contributed by atoms with Crippen molar-refractivity contribution in [3.8, 4) is 5.75 Å². The average molecular weight is 328 g/mol. The van der Waals surface area contributed by atoms with Gasteiger partial charge in [-0.2, -0.15) is 0 Å². The molecule has 2 aromatic rings. The zero-order valence-electron chi connectivity index (χ0n) is 13.4. The number of aromatic hydroxyl groups is 1. The fourth-order valence-corrected chi connectivity index (χ4v) is 3.19. The molecule has 6 nitrogen and oxygen atoms in total. The summed E-state index contributed by atoms with van der Waals surface area (Å²) in [4.78, 5) is 24.3. The predicted molar refractivity (Wildman–Crippen MR) is 88.8 cm³/mol. The summed E-state index contributed by atoms with van der Waals surface area (Å²) in [6.45, 7) is 1.50. The predicted octanol–water partition coefficient (Wildman–Crippen LogP) is 1.03. The van der Waals surface area contributed by atoms with Crippen LogP contribution in [0.2, 0.25) is 0 Å². The first-order chi connectivity index (χ1) is 11.5. The Kier molecular flexibility index (Phi) is 4.40. The van der Waals surface area contributed by atoms with Crippen LogP contribution in [0.5, 0.6) is 5.75 Å². The molecule has 1 aromatic heterocycles. The van der Waals surface area contributed by atoms with Crippen LogP contribution in [0.15, 0.2) is 41.2 Å². The Morgan fingerprint density at radius 3 is 2.83 bits per heavy atom. The third kappa shape index (κ3) is 3.19. The van der Waals surface area contributed by atoms with Crippen molar-refractivity contribution in [3.05, 3.63) is 63.6 Å². The van der Waals surface area contributed by atoms with Crippen LogP contribution in [0, 0.1) is 6.92 Å². The maximum Gasteiger partial charge on any atom is 0.254 e. The highest BCUT2D eigenvalue weighted by Gasteiger charge is 2.29. The highest BCUT2D eigenvalue weighted by Crippen LogP contribution is 2.29. The van der Waals surface area contributed by atoms with Crippen molar-refractivity contribution < 1.29 is 15.0 Å². The minimum Gasteiger partial charge on any atom is -0.508 e. The van der Waals surface area contributed by atoms with Gasteiger partial charge in [0.25, 0.3) is 5.56 Å². The number of nitrogens with one attached hydrogen (secondary N) is 1. The smallest absolute Gasteiger partial charge is 0.254 e. The number of carbonyl (C=O) groups excluding carboxylic acids is 1. The number of aliphatic hydroxyl groups excluding tert-OH is 1. The standard InChI is InChI=1S/C18H20N2O4/c1-11-8-13(21)9-17(24)20(11)10-16(23)19-18-14-5-3-2-4-12(14)6-7-15(18)22/h2-5,8-9,15,18,21-22H,6-7,10H2,1H3,(H,19,23)/t15-,18+/m1/s1. The number of carbonyl (C=O) groups is 1. The van der Waals surface area contributed by atoms with E-state index in [1.165, 1.54) is 10.6 Å². The molecule has 1 amide bonds. The van der Waals surface area contributed by atoms with E-state index in [4.69, 9.17) is 0 Å². The Hall–Kier alpha value is -2.60. The second kappa shape index (κ2) is 6.49. The molecule has 0 unspecified atom stereocenters. The van der Waals surface area contributed by atoms with Gasteiger partial charge in [-0.05, 0) is 37.0 Å². The molecule has 1 aliphatic rings. The number of fused-ring (bicyclic) bond motifs is 1. The number of nitrogens with zero attached hydrogens (tertiary/aromatic N) is 1. The molecule has 2 atom stereocenters. The van der Waals surface area contributed by atoms with Gasteiger partial charge in [0.15, 0.2) is 0 Å². The SMILES string of the molecule is Cc1cc(O)cc(=O)n1CC(=O)N[C@H]1c2ccccc2CC[C@H]1O. The van der Waals surface area contributed by atoms with Gasteiger partial charge < -0.3 is 20.1 Å². The summed E-state index contributed by atoms with van der Waals surface area (Å²) in [5, 5.41) is 22.5. The second-order valence-corrected chi connectivity index (χ2v) is 6.13. The third-order valence-corrected chi connectivity index (χ3v) is 4.42. The van der Waals surface area contributed by atoms with Crippen LogP contribution in [-0.2, 0) is 17.8 Å². The van der Waals surface area contributed by atoms with Crippen molar-refractivity contribution in [1.82, 2.24) is 9.88 Å². The molecule has 0 saturated carbocycles. The molecule has 0 saturated heterocycles. The fraction of sp³-hybridized carbons (Fsp3) is 0.333. The topological polar surface area (TPSA) is 91.6 Å². The molecular weight excluding hydrogens is 308 g/mol. The van der Waals surface area contributed by atoms with Crippen LogP contribution in [0.1, 0.15) is 29.3 Å². The number of benzene rings is 1. The summed E-state index contributed by atoms with van der Waals surface area (Å²) in [5.74, 6) is -0.475. The highest BCUT2D eigenvalue weighted by molar-refractivity contribution is 5.76. The highest BCUT2D eigenvalue weighted by atomic mass is 16.3. The summed E-state index contributed by atoms with van der Waals surface area (Å²) in [6.07, 6.45) is 0.710. The van der Waals surface area contributed by atoms with Gasteiger partial charge in [0.05, 0.1) is 12.1 Å². The van der Waals surface area contributed by atoms with Crippen molar-refractivity contribution in [3.63, 3.8) is 0 Å². The minimum absolute atomic E-state index is 0.120. The van der Waals surface area contributed by atoms with Crippen LogP contribution in [-0.4, -0.2) is 26.8 Å². The minimum atomic E-state index is -0.651. The molecule has 0 radical (unpaired) electrons. The zero-order valence-corrected chi connectivity index (χ0v) is 13.4. The van der Waals surface area contributed by atoms with Gasteiger partial charge in [-0.1, -0.05) is 24.3 Å². The van der Waals surface area contributed by atoms with Crippen LogP contribution in [0.4, 0.5) is 0 Å². The summed E-state index contributed by atoms with van der Waals surface area (Å²) in [5.41, 5.74) is 2.09. The van der Waals surface area contributed by atoms with Crippen molar-refractivity contribution >= 4 is 5.91 Å². The summed E-state index contributed by atoms with van der Waals surface area (Å²) in [7, 11) is 0. The van der Waals surface area contributed by atoms with Crippen molar-refractivity contribution in [2.24, 2.45) is 0 Å². The number of pyridine rings is 1. The molecular formula is C18H20N2O4. The number of aryl methyl sites for hydroxylation is 2. The first-order valence-corrected chi connectivity index (χ1v) is 7.91. The Morgan fingerprint density at radius 2 is 2.08 bits per heavy atom. The number of hydrogen-bond donors (Lipinski definition) is 3. The lowest BCUT2D eigenvalue weighted by Crippen LogP contribution is -2.41.